The summed E-state index contributed by atoms with van der Waals surface area (Å²) < 4.78 is 65.6. The fraction of sp³-hybridized carbons (Fsp3) is 0.150. The summed E-state index contributed by atoms with van der Waals surface area (Å²) in [5.74, 6) is -0.452. The molecule has 2 N–H and O–H groups in total. The highest BCUT2D eigenvalue weighted by molar-refractivity contribution is 8.00. The molecule has 0 saturated carbocycles. The summed E-state index contributed by atoms with van der Waals surface area (Å²) in [5, 5.41) is 3.55. The molecule has 5 nitrogen and oxygen atoms in total. The Morgan fingerprint density at radius 1 is 1.03 bits per heavy atom. The van der Waals surface area contributed by atoms with Crippen molar-refractivity contribution in [1.29, 1.82) is 0 Å². The minimum absolute atomic E-state index is 0.0607. The fourth-order valence-electron chi connectivity index (χ4n) is 2.50. The van der Waals surface area contributed by atoms with Crippen LogP contribution in [0.15, 0.2) is 75.1 Å². The smallest absolute Gasteiger partial charge is 0.325 e. The molecule has 3 aromatic rings. The Bertz CT molecular complexity index is 1150. The van der Waals surface area contributed by atoms with Crippen LogP contribution in [0, 0.1) is 0 Å². The van der Waals surface area contributed by atoms with Gasteiger partial charge in [-0.2, -0.15) is 13.2 Å². The minimum atomic E-state index is -4.49. The van der Waals surface area contributed by atoms with Crippen molar-refractivity contribution in [3.05, 3.63) is 71.6 Å². The average molecular weight is 487 g/mol. The zero-order valence-electron chi connectivity index (χ0n) is 16.0. The molecule has 1 heterocycles. The van der Waals surface area contributed by atoms with E-state index in [0.717, 1.165) is 23.5 Å². The Balaban J connectivity index is 1.60. The van der Waals surface area contributed by atoms with Gasteiger partial charge in [-0.15, -0.1) is 23.1 Å². The third-order valence-electron chi connectivity index (χ3n) is 4.01. The van der Waals surface area contributed by atoms with Gasteiger partial charge < -0.3 is 5.32 Å². The Morgan fingerprint density at radius 3 is 2.35 bits per heavy atom. The van der Waals surface area contributed by atoms with E-state index in [1.807, 2.05) is 0 Å². The third-order valence-corrected chi connectivity index (χ3v) is 7.90. The van der Waals surface area contributed by atoms with Crippen LogP contribution in [0.4, 0.5) is 24.5 Å². The van der Waals surface area contributed by atoms with E-state index in [4.69, 9.17) is 0 Å². The Labute approximate surface area is 185 Å². The van der Waals surface area contributed by atoms with E-state index in [0.29, 0.717) is 10.6 Å². The van der Waals surface area contributed by atoms with Crippen LogP contribution in [0.25, 0.3) is 0 Å². The van der Waals surface area contributed by atoms with Crippen LogP contribution >= 0.6 is 23.1 Å². The normalized spacial score (nSPS) is 12.9. The van der Waals surface area contributed by atoms with E-state index < -0.39 is 32.9 Å². The van der Waals surface area contributed by atoms with Gasteiger partial charge in [-0.1, -0.05) is 12.1 Å². The van der Waals surface area contributed by atoms with Gasteiger partial charge in [0.2, 0.25) is 5.91 Å². The summed E-state index contributed by atoms with van der Waals surface area (Å²) >= 11 is 2.30. The maximum atomic E-state index is 12.8. The summed E-state index contributed by atoms with van der Waals surface area (Å²) in [5.41, 5.74) is -0.407. The number of hydrogen-bond acceptors (Lipinski definition) is 5. The van der Waals surface area contributed by atoms with Gasteiger partial charge >= 0.3 is 6.18 Å². The van der Waals surface area contributed by atoms with Crippen molar-refractivity contribution in [1.82, 2.24) is 0 Å². The van der Waals surface area contributed by atoms with E-state index in [2.05, 4.69) is 10.0 Å². The van der Waals surface area contributed by atoms with Gasteiger partial charge in [-0.3, -0.25) is 9.52 Å². The van der Waals surface area contributed by atoms with Crippen LogP contribution in [0.5, 0.6) is 0 Å². The average Bonchev–Trinajstić information content (AvgIpc) is 3.25. The lowest BCUT2D eigenvalue weighted by Gasteiger charge is -2.14. The van der Waals surface area contributed by atoms with Crippen LogP contribution in [0.2, 0.25) is 0 Å². The van der Waals surface area contributed by atoms with Crippen molar-refractivity contribution in [2.75, 3.05) is 10.0 Å². The third kappa shape index (κ3) is 6.25. The minimum Gasteiger partial charge on any atom is -0.325 e. The maximum absolute atomic E-state index is 12.8. The lowest BCUT2D eigenvalue weighted by molar-refractivity contribution is -0.137. The van der Waals surface area contributed by atoms with Crippen molar-refractivity contribution in [2.45, 2.75) is 27.5 Å². The van der Waals surface area contributed by atoms with Crippen molar-refractivity contribution < 1.29 is 26.4 Å². The molecule has 0 spiro atoms. The summed E-state index contributed by atoms with van der Waals surface area (Å²) in [4.78, 5) is 13.1. The van der Waals surface area contributed by atoms with Crippen molar-refractivity contribution in [3.8, 4) is 0 Å². The van der Waals surface area contributed by atoms with Crippen LogP contribution in [0.3, 0.4) is 0 Å². The number of benzene rings is 2. The number of sulfonamides is 1. The van der Waals surface area contributed by atoms with Crippen LogP contribution in [-0.4, -0.2) is 19.6 Å². The van der Waals surface area contributed by atoms with Gasteiger partial charge in [0.05, 0.1) is 10.8 Å². The molecule has 2 aromatic carbocycles. The highest BCUT2D eigenvalue weighted by atomic mass is 32.2. The first-order valence-electron chi connectivity index (χ1n) is 8.86. The summed E-state index contributed by atoms with van der Waals surface area (Å²) in [6.07, 6.45) is -4.49. The molecule has 3 rings (SSSR count). The molecule has 0 aliphatic carbocycles. The Hall–Kier alpha value is -2.50. The molecule has 1 aromatic heterocycles. The van der Waals surface area contributed by atoms with E-state index >= 15 is 0 Å². The second kappa shape index (κ2) is 9.33. The van der Waals surface area contributed by atoms with E-state index in [9.17, 15) is 26.4 Å². The first kappa shape index (κ1) is 23.2. The molecule has 0 aliphatic heterocycles. The lowest BCUT2D eigenvalue weighted by Crippen LogP contribution is -2.22. The summed E-state index contributed by atoms with van der Waals surface area (Å²) in [6.45, 7) is 1.63. The number of rotatable bonds is 7. The van der Waals surface area contributed by atoms with Crippen molar-refractivity contribution in [3.63, 3.8) is 0 Å². The Morgan fingerprint density at radius 2 is 1.74 bits per heavy atom. The second-order valence-corrected chi connectivity index (χ2v) is 10.7. The number of carbonyl (C=O) groups excluding carboxylic acids is 1. The largest absolute Gasteiger partial charge is 0.416 e. The fourth-order valence-corrected chi connectivity index (χ4v) is 5.42. The molecular formula is C20H17F3N2O3S3. The molecule has 1 atom stereocenters. The predicted octanol–water partition coefficient (Wildman–Crippen LogP) is 5.69. The number of hydrogen-bond donors (Lipinski definition) is 2. The quantitative estimate of drug-likeness (QED) is 0.421. The molecule has 0 radical (unpaired) electrons. The highest BCUT2D eigenvalue weighted by Crippen LogP contribution is 2.31. The lowest BCUT2D eigenvalue weighted by atomic mass is 10.2. The van der Waals surface area contributed by atoms with Gasteiger partial charge in [0.25, 0.3) is 10.0 Å². The number of thioether (sulfide) groups is 1. The zero-order chi connectivity index (χ0) is 22.6. The van der Waals surface area contributed by atoms with E-state index in [-0.39, 0.29) is 9.90 Å². The number of carbonyl (C=O) groups is 1. The summed E-state index contributed by atoms with van der Waals surface area (Å²) in [6, 6.07) is 14.0. The molecule has 0 bridgehead atoms. The van der Waals surface area contributed by atoms with Gasteiger partial charge in [-0.25, -0.2) is 8.42 Å². The zero-order valence-corrected chi connectivity index (χ0v) is 18.5. The standard InChI is InChI=1S/C20H17F3N2O3S3/c1-13(19(26)24-16-5-2-4-14(12-16)20(21,22)23)30-17-9-7-15(8-10-17)25-31(27,28)18-6-3-11-29-18/h2-13,25H,1H3,(H,24,26). The number of anilines is 2. The van der Waals surface area contributed by atoms with Gasteiger partial charge in [0.1, 0.15) is 4.21 Å². The van der Waals surface area contributed by atoms with Gasteiger partial charge in [0.15, 0.2) is 0 Å². The highest BCUT2D eigenvalue weighted by Gasteiger charge is 2.30. The van der Waals surface area contributed by atoms with Crippen LogP contribution < -0.4 is 10.0 Å². The van der Waals surface area contributed by atoms with Crippen LogP contribution in [0.1, 0.15) is 12.5 Å². The molecule has 1 unspecified atom stereocenters. The molecule has 11 heteroatoms. The van der Waals surface area contributed by atoms with E-state index in [1.54, 1.807) is 42.6 Å². The molecular weight excluding hydrogens is 469 g/mol. The molecule has 0 saturated heterocycles. The van der Waals surface area contributed by atoms with Crippen LogP contribution in [-0.2, 0) is 21.0 Å². The van der Waals surface area contributed by atoms with E-state index in [1.165, 1.54) is 30.0 Å². The number of nitrogens with one attached hydrogen (secondary N) is 2. The molecule has 31 heavy (non-hydrogen) atoms. The predicted molar refractivity (Wildman–Crippen MR) is 117 cm³/mol. The maximum Gasteiger partial charge on any atom is 0.416 e. The molecule has 1 amide bonds. The molecule has 0 aliphatic rings. The first-order valence-corrected chi connectivity index (χ1v) is 12.1. The number of thiophene rings is 1. The number of halogens is 3. The number of alkyl halides is 3. The monoisotopic (exact) mass is 486 g/mol. The Kier molecular flexibility index (Phi) is 6.97. The second-order valence-electron chi connectivity index (χ2n) is 6.39. The first-order chi connectivity index (χ1) is 14.5. The SMILES string of the molecule is CC(Sc1ccc(NS(=O)(=O)c2cccs2)cc1)C(=O)Nc1cccc(C(F)(F)F)c1. The molecule has 0 fully saturated rings. The number of amides is 1. The van der Waals surface area contributed by atoms with Crippen molar-refractivity contribution >= 4 is 50.4 Å². The van der Waals surface area contributed by atoms with Crippen molar-refractivity contribution in [2.24, 2.45) is 0 Å². The van der Waals surface area contributed by atoms with Gasteiger partial charge in [-0.05, 0) is 60.8 Å². The topological polar surface area (TPSA) is 75.3 Å². The summed E-state index contributed by atoms with van der Waals surface area (Å²) in [7, 11) is -3.65. The van der Waals surface area contributed by atoms with Gasteiger partial charge in [0, 0.05) is 16.3 Å². The molecule has 164 valence electrons.